The monoisotopic (exact) mass is 607 g/mol. The van der Waals surface area contributed by atoms with E-state index in [1.54, 1.807) is 6.92 Å². The van der Waals surface area contributed by atoms with Gasteiger partial charge in [-0.1, -0.05) is 13.0 Å². The summed E-state index contributed by atoms with van der Waals surface area (Å²) < 4.78 is 36.2. The van der Waals surface area contributed by atoms with Crippen LogP contribution in [0.4, 0.5) is 10.5 Å². The maximum Gasteiger partial charge on any atom is 0.514 e. The van der Waals surface area contributed by atoms with Gasteiger partial charge in [0, 0.05) is 19.1 Å². The number of carbonyl (C=O) groups excluding carboxylic acids is 4. The summed E-state index contributed by atoms with van der Waals surface area (Å²) in [5.74, 6) is -2.95. The highest BCUT2D eigenvalue weighted by atomic mass is 16.7. The zero-order chi connectivity index (χ0) is 31.7. The largest absolute Gasteiger partial charge is 0.514 e. The highest BCUT2D eigenvalue weighted by molar-refractivity contribution is 5.92. The fraction of sp³-hybridized carbons (Fsp3) is 0.407. The minimum absolute atomic E-state index is 0.00411. The van der Waals surface area contributed by atoms with Gasteiger partial charge in [0.15, 0.2) is 12.2 Å². The molecular formula is C27H29NO15. The average molecular weight is 608 g/mol. The van der Waals surface area contributed by atoms with Crippen LogP contribution >= 0.6 is 0 Å². The van der Waals surface area contributed by atoms with E-state index < -0.39 is 59.7 Å². The van der Waals surface area contributed by atoms with Crippen LogP contribution in [0.3, 0.4) is 0 Å². The molecular weight excluding hydrogens is 578 g/mol. The summed E-state index contributed by atoms with van der Waals surface area (Å²) in [6.45, 7) is 2.47. The summed E-state index contributed by atoms with van der Waals surface area (Å²) in [4.78, 5) is 59.0. The van der Waals surface area contributed by atoms with E-state index in [0.29, 0.717) is 6.42 Å². The summed E-state index contributed by atoms with van der Waals surface area (Å²) in [5, 5.41) is 31.7. The van der Waals surface area contributed by atoms with Crippen LogP contribution in [0.25, 0.3) is 0 Å². The number of nitro groups is 1. The van der Waals surface area contributed by atoms with Crippen molar-refractivity contribution in [1.82, 2.24) is 0 Å². The van der Waals surface area contributed by atoms with E-state index in [4.69, 9.17) is 28.4 Å². The van der Waals surface area contributed by atoms with Crippen molar-refractivity contribution in [3.8, 4) is 11.5 Å². The molecule has 0 amide bonds. The molecule has 0 unspecified atom stereocenters. The minimum atomic E-state index is -1.84. The smallest absolute Gasteiger partial charge is 0.467 e. The number of carbonyl (C=O) groups is 4. The Kier molecular flexibility index (Phi) is 11.3. The molecule has 1 aliphatic rings. The van der Waals surface area contributed by atoms with E-state index >= 15 is 0 Å². The number of benzene rings is 2. The Labute approximate surface area is 244 Å². The van der Waals surface area contributed by atoms with Gasteiger partial charge in [-0.25, -0.2) is 14.4 Å². The Hall–Kier alpha value is -4.80. The molecule has 2 N–H and O–H groups in total. The molecule has 1 saturated heterocycles. The average Bonchev–Trinajstić information content (AvgIpc) is 2.98. The van der Waals surface area contributed by atoms with Crippen LogP contribution in [0.5, 0.6) is 11.5 Å². The van der Waals surface area contributed by atoms with Gasteiger partial charge in [0.1, 0.15) is 35.9 Å². The lowest BCUT2D eigenvalue weighted by Crippen LogP contribution is -2.62. The summed E-state index contributed by atoms with van der Waals surface area (Å²) in [5.41, 5.74) is -0.103. The molecule has 16 heteroatoms. The van der Waals surface area contributed by atoms with Gasteiger partial charge in [0.25, 0.3) is 5.69 Å². The molecule has 0 aromatic heterocycles. The number of non-ortho nitro benzene ring substituents is 1. The first-order valence-electron chi connectivity index (χ1n) is 12.8. The van der Waals surface area contributed by atoms with E-state index in [-0.39, 0.29) is 41.5 Å². The molecule has 1 heterocycles. The second-order valence-corrected chi connectivity index (χ2v) is 8.98. The molecule has 232 valence electrons. The normalized spacial score (nSPS) is 21.2. The third-order valence-corrected chi connectivity index (χ3v) is 5.83. The number of aliphatic hydroxyl groups excluding tert-OH is 2. The Morgan fingerprint density at radius 1 is 1.02 bits per heavy atom. The van der Waals surface area contributed by atoms with Crippen molar-refractivity contribution < 1.29 is 67.5 Å². The van der Waals surface area contributed by atoms with Gasteiger partial charge in [-0.2, -0.15) is 0 Å². The summed E-state index contributed by atoms with van der Waals surface area (Å²) in [7, 11) is 1.03. The van der Waals surface area contributed by atoms with Crippen LogP contribution in [0.15, 0.2) is 42.5 Å². The Morgan fingerprint density at radius 3 is 2.33 bits per heavy atom. The van der Waals surface area contributed by atoms with E-state index in [1.165, 1.54) is 30.3 Å². The quantitative estimate of drug-likeness (QED) is 0.122. The maximum absolute atomic E-state index is 12.9. The highest BCUT2D eigenvalue weighted by Gasteiger charge is 2.51. The van der Waals surface area contributed by atoms with Crippen LogP contribution in [-0.2, 0) is 39.9 Å². The lowest BCUT2D eigenvalue weighted by molar-refractivity contribution is -0.384. The highest BCUT2D eigenvalue weighted by Crippen LogP contribution is 2.30. The first kappa shape index (κ1) is 32.7. The van der Waals surface area contributed by atoms with Crippen LogP contribution in [0, 0.1) is 10.1 Å². The Bertz CT molecular complexity index is 1330. The van der Waals surface area contributed by atoms with Crippen molar-refractivity contribution in [3.05, 3.63) is 63.7 Å². The summed E-state index contributed by atoms with van der Waals surface area (Å²) >= 11 is 0. The zero-order valence-corrected chi connectivity index (χ0v) is 23.2. The van der Waals surface area contributed by atoms with E-state index in [1.807, 2.05) is 0 Å². The number of esters is 3. The first-order valence-corrected chi connectivity index (χ1v) is 12.8. The fourth-order valence-corrected chi connectivity index (χ4v) is 3.79. The topological polar surface area (TPSA) is 216 Å². The Morgan fingerprint density at radius 2 is 1.72 bits per heavy atom. The predicted molar refractivity (Wildman–Crippen MR) is 140 cm³/mol. The molecule has 0 saturated carbocycles. The fourth-order valence-electron chi connectivity index (χ4n) is 3.79. The second-order valence-electron chi connectivity index (χ2n) is 8.98. The van der Waals surface area contributed by atoms with Gasteiger partial charge in [-0.05, 0) is 36.2 Å². The molecule has 1 fully saturated rings. The lowest BCUT2D eigenvalue weighted by atomic mass is 9.98. The summed E-state index contributed by atoms with van der Waals surface area (Å²) in [6, 6.07) is 8.67. The number of hydrogen-bond donors (Lipinski definition) is 2. The number of nitro benzene ring substituents is 1. The van der Waals surface area contributed by atoms with Gasteiger partial charge in [-0.15, -0.1) is 0 Å². The summed E-state index contributed by atoms with van der Waals surface area (Å²) in [6.07, 6.45) is -9.35. The van der Waals surface area contributed by atoms with E-state index in [9.17, 15) is 39.5 Å². The minimum Gasteiger partial charge on any atom is -0.467 e. The van der Waals surface area contributed by atoms with Crippen LogP contribution in [0.1, 0.15) is 36.2 Å². The van der Waals surface area contributed by atoms with E-state index in [0.717, 1.165) is 26.2 Å². The van der Waals surface area contributed by atoms with Crippen molar-refractivity contribution in [2.24, 2.45) is 0 Å². The molecule has 3 rings (SSSR count). The zero-order valence-electron chi connectivity index (χ0n) is 23.2. The molecule has 0 bridgehead atoms. The lowest BCUT2D eigenvalue weighted by Gasteiger charge is -2.40. The van der Waals surface area contributed by atoms with Gasteiger partial charge in [-0.3, -0.25) is 14.9 Å². The molecule has 2 aromatic carbocycles. The number of ether oxygens (including phenoxy) is 7. The number of nitrogens with zero attached hydrogens (tertiary/aromatic N) is 1. The van der Waals surface area contributed by atoms with E-state index in [2.05, 4.69) is 4.74 Å². The van der Waals surface area contributed by atoms with Crippen molar-refractivity contribution in [1.29, 1.82) is 0 Å². The van der Waals surface area contributed by atoms with Gasteiger partial charge >= 0.3 is 24.1 Å². The third kappa shape index (κ3) is 8.60. The molecule has 43 heavy (non-hydrogen) atoms. The molecule has 0 aliphatic carbocycles. The van der Waals surface area contributed by atoms with Crippen molar-refractivity contribution in [3.63, 3.8) is 0 Å². The SMILES string of the molecule is CCCOC(=O)c1cc(COC(=O)Oc2ccc([N+](=O)[O-])cc2)ccc1O[C@@H]1O[C@H](C(=O)OC)[C@@H](O)[C@H](O)[C@H]1OC(C)=O. The van der Waals surface area contributed by atoms with Gasteiger partial charge in [0.05, 0.1) is 18.6 Å². The standard InChI is InChI=1S/C27H29NO15/c1-4-11-38-24(32)18-12-15(13-39-27(34)41-17-8-6-16(7-9-17)28(35)36)5-10-19(18)42-26-23(40-14(2)29)21(31)20(30)22(43-26)25(33)37-3/h5-10,12,20-23,26,30-31H,4,11,13H2,1-3H3/t20-,21-,22-,23+,26+/m0/s1. The Balaban J connectivity index is 1.82. The van der Waals surface area contributed by atoms with Crippen molar-refractivity contribution in [2.75, 3.05) is 13.7 Å². The van der Waals surface area contributed by atoms with Gasteiger partial charge in [0.2, 0.25) is 6.29 Å². The molecule has 2 aromatic rings. The number of aliphatic hydroxyl groups is 2. The number of methoxy groups -OCH3 is 1. The number of rotatable bonds is 11. The second kappa shape index (κ2) is 14.9. The molecule has 16 nitrogen and oxygen atoms in total. The molecule has 1 aliphatic heterocycles. The van der Waals surface area contributed by atoms with Crippen LogP contribution in [-0.4, -0.2) is 83.6 Å². The predicted octanol–water partition coefficient (Wildman–Crippen LogP) is 1.81. The van der Waals surface area contributed by atoms with Crippen molar-refractivity contribution in [2.45, 2.75) is 57.6 Å². The van der Waals surface area contributed by atoms with Gasteiger partial charge < -0.3 is 43.4 Å². The molecule has 0 radical (unpaired) electrons. The van der Waals surface area contributed by atoms with Crippen LogP contribution < -0.4 is 9.47 Å². The number of hydrogen-bond acceptors (Lipinski definition) is 15. The van der Waals surface area contributed by atoms with Crippen LogP contribution in [0.2, 0.25) is 0 Å². The maximum atomic E-state index is 12.9. The van der Waals surface area contributed by atoms with Crippen molar-refractivity contribution >= 4 is 29.8 Å². The molecule has 0 spiro atoms. The first-order chi connectivity index (χ1) is 20.4. The molecule has 5 atom stereocenters. The third-order valence-electron chi connectivity index (χ3n) is 5.83.